The first kappa shape index (κ1) is 107. The largest absolute Gasteiger partial charge is 0.481 e. The zero-order valence-electron chi connectivity index (χ0n) is 78.0. The van der Waals surface area contributed by atoms with E-state index >= 15 is 38.4 Å². The van der Waals surface area contributed by atoms with Gasteiger partial charge in [0, 0.05) is 143 Å². The first-order valence-corrected chi connectivity index (χ1v) is 47.2. The molecule has 0 saturated carbocycles. The maximum Gasteiger partial charge on any atom is 0.303 e. The van der Waals surface area contributed by atoms with Crippen molar-refractivity contribution in [2.45, 2.75) is 235 Å². The highest BCUT2D eigenvalue weighted by Crippen LogP contribution is 2.31. The zero-order chi connectivity index (χ0) is 100. The molecule has 0 radical (unpaired) electrons. The van der Waals surface area contributed by atoms with Gasteiger partial charge < -0.3 is 120 Å². The van der Waals surface area contributed by atoms with Crippen molar-refractivity contribution in [3.8, 4) is 0 Å². The smallest absolute Gasteiger partial charge is 0.303 e. The monoisotopic (exact) mass is 1920 g/mol. The van der Waals surface area contributed by atoms with E-state index in [4.69, 9.17) is 22.6 Å². The fourth-order valence-electron chi connectivity index (χ4n) is 17.3. The molecule has 9 rings (SSSR count). The van der Waals surface area contributed by atoms with Gasteiger partial charge in [0.15, 0.2) is 17.5 Å². The molecule has 6 heterocycles. The second-order valence-electron chi connectivity index (χ2n) is 35.2. The van der Waals surface area contributed by atoms with Crippen molar-refractivity contribution in [1.82, 2.24) is 92.3 Å². The van der Waals surface area contributed by atoms with Gasteiger partial charge in [0.2, 0.25) is 88.6 Å². The van der Waals surface area contributed by atoms with Gasteiger partial charge in [0.25, 0.3) is 0 Å². The summed E-state index contributed by atoms with van der Waals surface area (Å²) in [5, 5.41) is 65.5. The average Bonchev–Trinajstić information content (AvgIpc) is 1.69. The maximum absolute atomic E-state index is 15.8. The normalized spacial score (nSPS) is 24.6. The Bertz CT molecular complexity index is 5320. The molecule has 3 aliphatic heterocycles. The van der Waals surface area contributed by atoms with Crippen LogP contribution in [0, 0.1) is 24.2 Å². The molecule has 44 heteroatoms. The number of H-pyrrole nitrogens is 3. The Kier molecular flexibility index (Phi) is 40.1. The van der Waals surface area contributed by atoms with Crippen LogP contribution >= 0.6 is 11.8 Å². The lowest BCUT2D eigenvalue weighted by Gasteiger charge is -2.36. The van der Waals surface area contributed by atoms with Gasteiger partial charge in [-0.25, -0.2) is 4.98 Å². The number of carbonyl (C=O) groups excluding carboxylic acids is 17. The number of imidazole rings is 1. The van der Waals surface area contributed by atoms with Crippen molar-refractivity contribution in [2.75, 3.05) is 65.4 Å². The molecular weight excluding hydrogens is 1790 g/mol. The second kappa shape index (κ2) is 51.3. The van der Waals surface area contributed by atoms with Gasteiger partial charge in [0.05, 0.1) is 43.8 Å². The summed E-state index contributed by atoms with van der Waals surface area (Å²) in [6, 6.07) is 2.09. The van der Waals surface area contributed by atoms with Crippen molar-refractivity contribution >= 4 is 146 Å². The van der Waals surface area contributed by atoms with Crippen LogP contribution in [0.1, 0.15) is 151 Å². The summed E-state index contributed by atoms with van der Waals surface area (Å²) in [6.07, 6.45) is 0.936. The summed E-state index contributed by atoms with van der Waals surface area (Å²) in [7, 11) is 3.97. The molecule has 742 valence electrons. The Morgan fingerprint density at radius 1 is 0.562 bits per heavy atom. The Balaban J connectivity index is 1.11. The van der Waals surface area contributed by atoms with Crippen LogP contribution in [-0.2, 0) is 112 Å². The number of aromatic amines is 3. The van der Waals surface area contributed by atoms with Gasteiger partial charge in [-0.1, -0.05) is 106 Å². The van der Waals surface area contributed by atoms with Crippen LogP contribution in [0.25, 0.3) is 21.8 Å². The Morgan fingerprint density at radius 2 is 1.15 bits per heavy atom. The highest BCUT2D eigenvalue weighted by atomic mass is 32.2. The number of para-hydroxylation sites is 2. The molecule has 137 heavy (non-hydrogen) atoms. The van der Waals surface area contributed by atoms with Gasteiger partial charge in [-0.3, -0.25) is 91.7 Å². The predicted octanol–water partition coefficient (Wildman–Crippen LogP) is -1.33. The molecule has 3 fully saturated rings. The van der Waals surface area contributed by atoms with E-state index in [1.165, 1.54) is 45.5 Å². The van der Waals surface area contributed by atoms with E-state index in [1.54, 1.807) is 85.2 Å². The average molecular weight is 1920 g/mol. The molecule has 22 N–H and O–H groups in total. The predicted molar refractivity (Wildman–Crippen MR) is 503 cm³/mol. The number of unbranched alkanes of at least 4 members (excludes halogenated alkanes) is 2. The number of aromatic nitrogens is 4. The Morgan fingerprint density at radius 3 is 1.77 bits per heavy atom. The number of aliphatic hydroxyl groups is 2. The molecule has 6 aromatic rings. The number of aliphatic carboxylic acids is 1. The number of amides is 15. The highest BCUT2D eigenvalue weighted by molar-refractivity contribution is 8.00. The van der Waals surface area contributed by atoms with Crippen molar-refractivity contribution in [1.29, 1.82) is 5.41 Å². The third-order valence-corrected chi connectivity index (χ3v) is 26.1. The number of aliphatic hydroxyl groups excluding tert-OH is 2. The minimum Gasteiger partial charge on any atom is -0.481 e. The van der Waals surface area contributed by atoms with E-state index in [0.717, 1.165) is 36.9 Å². The topological polar surface area (TPSA) is 655 Å². The number of rotatable bonds is 27. The number of Topliss-reactive ketones (excluding diaryl/α,β-unsaturated/α-hetero) is 2. The molecule has 0 spiro atoms. The molecule has 3 saturated heterocycles. The van der Waals surface area contributed by atoms with Crippen LogP contribution in [0.5, 0.6) is 0 Å². The van der Waals surface area contributed by atoms with E-state index < -0.39 is 272 Å². The minimum absolute atomic E-state index is 0.00806. The van der Waals surface area contributed by atoms with Crippen LogP contribution in [0.15, 0.2) is 97.7 Å². The Labute approximate surface area is 795 Å². The number of guanidine groups is 1. The number of benzene rings is 3. The molecule has 43 nitrogen and oxygen atoms in total. The number of ketones is 2. The summed E-state index contributed by atoms with van der Waals surface area (Å²) < 4.78 is 0. The molecule has 3 aromatic carbocycles. The fourth-order valence-corrected chi connectivity index (χ4v) is 18.1. The first-order valence-electron chi connectivity index (χ1n) is 46.0. The molecule has 15 atom stereocenters. The van der Waals surface area contributed by atoms with E-state index in [2.05, 4.69) is 67.8 Å². The van der Waals surface area contributed by atoms with Crippen LogP contribution in [-0.4, -0.2) is 316 Å². The van der Waals surface area contributed by atoms with E-state index in [-0.39, 0.29) is 83.0 Å². The number of likely N-dealkylation sites (N-methyl/N-ethyl adjacent to an activating group) is 3. The SMILES string of the molecule is CCCC[C@H]1C(=O)N(C)[C@@H](CCCC)C(=O)N[C@@H](CCCNC(=N)N)C(=O)N[C@H](C(=O)NCC(N)=O)CSCC(=O)N[C@@H](Cc2ccc(C)cc2)C(=O)N(C)[C@@H](C)C(=O)N[C@@H](CC(N)=O)C(=O)N2CCC[C@H]2C(=O)N[C@@H](Cc2cnc[nH]2)C(=O)N[C@@H](CCC(=O)O)C(=O)N2C[C@H](O)C[C@H]2C(=O)C[C@@H](Cc2c[nH]c3ccccc23)C(=O)N[C@@H](CO)C(=O)C[C@@H](Cc2c[nH]c3ccccc23)C(=O)N1C. The van der Waals surface area contributed by atoms with Crippen molar-refractivity contribution in [3.05, 3.63) is 126 Å². The van der Waals surface area contributed by atoms with E-state index in [0.29, 0.717) is 64.2 Å². The number of hydrogen-bond donors (Lipinski definition) is 19. The van der Waals surface area contributed by atoms with Gasteiger partial charge in [0.1, 0.15) is 66.5 Å². The van der Waals surface area contributed by atoms with Gasteiger partial charge in [-0.2, -0.15) is 0 Å². The zero-order valence-corrected chi connectivity index (χ0v) is 78.8. The van der Waals surface area contributed by atoms with E-state index in [9.17, 15) is 63.3 Å². The van der Waals surface area contributed by atoms with Crippen LogP contribution in [0.3, 0.4) is 0 Å². The number of fused-ring (bicyclic) bond motifs is 4. The molecule has 0 unspecified atom stereocenters. The number of carbonyl (C=O) groups is 18. The summed E-state index contributed by atoms with van der Waals surface area (Å²) >= 11 is 0.783. The van der Waals surface area contributed by atoms with Crippen LogP contribution in [0.4, 0.5) is 0 Å². The molecule has 0 bridgehead atoms. The number of nitrogens with zero attached hydrogens (tertiary/aromatic N) is 6. The fraction of sp³-hybridized carbons (Fsp3) is 0.527. The van der Waals surface area contributed by atoms with Gasteiger partial charge in [-0.05, 0) is 100 Å². The van der Waals surface area contributed by atoms with Crippen molar-refractivity contribution < 1.29 is 102 Å². The first-order chi connectivity index (χ1) is 65.3. The number of nitrogens with two attached hydrogens (primary N) is 3. The summed E-state index contributed by atoms with van der Waals surface area (Å²) in [5.74, 6) is -21.5. The quantitative estimate of drug-likeness (QED) is 0.0161. The number of aryl methyl sites for hydroxylation is 1. The third-order valence-electron chi connectivity index (χ3n) is 25.0. The Hall–Kier alpha value is -13.7. The molecule has 3 aliphatic rings. The van der Waals surface area contributed by atoms with Crippen molar-refractivity contribution in [2.24, 2.45) is 29.0 Å². The van der Waals surface area contributed by atoms with Crippen LogP contribution in [0.2, 0.25) is 0 Å². The molecule has 3 aromatic heterocycles. The number of carboxylic acid groups (broad SMARTS) is 1. The standard InChI is InChI=1S/C93H128N22O21S/c1-8-10-23-71-86(130)105-64(22-16-32-99-93(96)97)84(128)110-70(83(127)102-45-78(95)121)48-137-49-79(122)104-67(34-53-28-26-51(3)27-29-53)89(133)111(5)52(4)81(125)108-68(41-77(94)120)91(135)114-33-17-25-72(114)87(131)107-66(39-58-44-98-50-103-58)85(129)106-65(30-31-80(123)124)90(134)115-46-59(117)40-74(115)76(119)37-54(35-56-42-100-62-20-14-12-18-60(56)62)82(126)109-69(47-116)75(118)38-55(36-57-43-101-63-21-15-13-19-61(57)63)88(132)113(7)73(24-11-9-2)92(136)112(71)6/h12-15,18-21,26-29,42-44,50,52,54-55,59,64-74,100-101,116-117H,8-11,16-17,22-25,30-41,45-49H2,1-7H3,(H2,94,120)(H2,95,121)(H,98,103)(H,102,127)(H,104,122)(H,105,130)(H,106,129)(H,107,131)(H,108,125)(H,109,126)(H,110,128)(H,123,124)(H4,96,97,99)/t52-,54+,55+,59+,64-,65-,66-,67-,68-,69-,70-,71-,72-,73-,74-/m0/s1. The summed E-state index contributed by atoms with van der Waals surface area (Å²) in [6.45, 7) is 4.30. The minimum atomic E-state index is -1.82. The maximum atomic E-state index is 15.8. The van der Waals surface area contributed by atoms with Crippen LogP contribution < -0.4 is 65.1 Å². The number of nitrogens with one attached hydrogen (secondary N) is 13. The van der Waals surface area contributed by atoms with Crippen molar-refractivity contribution in [3.63, 3.8) is 0 Å². The number of carboxylic acids is 1. The summed E-state index contributed by atoms with van der Waals surface area (Å²) in [5.41, 5.74) is 20.8. The molecule has 0 aliphatic carbocycles. The number of hydrogen-bond acceptors (Lipinski definition) is 23. The lowest BCUT2D eigenvalue weighted by Crippen LogP contribution is -2.60. The highest BCUT2D eigenvalue weighted by Gasteiger charge is 2.47. The number of primary amides is 2. The summed E-state index contributed by atoms with van der Waals surface area (Å²) in [4.78, 5) is 282. The molecule has 15 amide bonds. The van der Waals surface area contributed by atoms with E-state index in [1.807, 2.05) is 20.8 Å². The number of thioether (sulfide) groups is 1. The lowest BCUT2D eigenvalue weighted by atomic mass is 9.88. The third kappa shape index (κ3) is 30.2. The van der Waals surface area contributed by atoms with Gasteiger partial charge >= 0.3 is 5.97 Å². The second-order valence-corrected chi connectivity index (χ2v) is 36.2. The van der Waals surface area contributed by atoms with Gasteiger partial charge in [-0.15, -0.1) is 11.8 Å². The molecular formula is C93H128N22O21S. The lowest BCUT2D eigenvalue weighted by molar-refractivity contribution is -0.150.